The minimum absolute atomic E-state index is 0.202. The molecule has 7 heteroatoms. The molecule has 4 nitrogen and oxygen atoms in total. The largest absolute Gasteiger partial charge is 0.452 e. The highest BCUT2D eigenvalue weighted by Crippen LogP contribution is 2.17. The van der Waals surface area contributed by atoms with Gasteiger partial charge in [-0.15, -0.1) is 0 Å². The van der Waals surface area contributed by atoms with Crippen LogP contribution in [0.15, 0.2) is 42.5 Å². The van der Waals surface area contributed by atoms with Crippen LogP contribution in [0.1, 0.15) is 11.1 Å². The third-order valence-corrected chi connectivity index (χ3v) is 3.57. The van der Waals surface area contributed by atoms with Crippen molar-refractivity contribution in [3.8, 4) is 0 Å². The fourth-order valence-corrected chi connectivity index (χ4v) is 2.03. The summed E-state index contributed by atoms with van der Waals surface area (Å²) in [7, 11) is 0. The molecule has 2 aromatic carbocycles. The molecule has 130 valence electrons. The average Bonchev–Trinajstić information content (AvgIpc) is 2.56. The molecule has 2 aromatic rings. The van der Waals surface area contributed by atoms with Crippen molar-refractivity contribution in [2.45, 2.75) is 6.92 Å². The van der Waals surface area contributed by atoms with Crippen LogP contribution in [-0.4, -0.2) is 18.5 Å². The van der Waals surface area contributed by atoms with Crippen LogP contribution in [0.5, 0.6) is 0 Å². The second-order valence-electron chi connectivity index (χ2n) is 5.12. The number of aryl methyl sites for hydroxylation is 1. The van der Waals surface area contributed by atoms with Gasteiger partial charge in [-0.2, -0.15) is 0 Å². The lowest BCUT2D eigenvalue weighted by molar-refractivity contribution is -0.142. The van der Waals surface area contributed by atoms with E-state index in [1.165, 1.54) is 6.08 Å². The van der Waals surface area contributed by atoms with Crippen molar-refractivity contribution < 1.29 is 23.1 Å². The number of hydrogen-bond acceptors (Lipinski definition) is 3. The summed E-state index contributed by atoms with van der Waals surface area (Å²) in [6, 6.07) is 7.97. The Morgan fingerprint density at radius 3 is 2.64 bits per heavy atom. The van der Waals surface area contributed by atoms with E-state index in [0.717, 1.165) is 23.8 Å². The van der Waals surface area contributed by atoms with Crippen molar-refractivity contribution in [1.29, 1.82) is 0 Å². The van der Waals surface area contributed by atoms with Crippen molar-refractivity contribution in [1.82, 2.24) is 0 Å². The maximum Gasteiger partial charge on any atom is 0.331 e. The molecule has 1 N–H and O–H groups in total. The number of rotatable bonds is 5. The van der Waals surface area contributed by atoms with Gasteiger partial charge in [0, 0.05) is 17.2 Å². The number of amides is 1. The number of hydrogen-bond donors (Lipinski definition) is 1. The normalized spacial score (nSPS) is 10.7. The van der Waals surface area contributed by atoms with Gasteiger partial charge in [-0.05, 0) is 42.3 Å². The van der Waals surface area contributed by atoms with Crippen molar-refractivity contribution in [3.05, 3.63) is 70.3 Å². The second-order valence-corrected chi connectivity index (χ2v) is 5.53. The molecule has 0 saturated heterocycles. The Kier molecular flexibility index (Phi) is 6.25. The molecule has 0 bridgehead atoms. The van der Waals surface area contributed by atoms with Crippen LogP contribution in [0.3, 0.4) is 0 Å². The molecule has 0 radical (unpaired) electrons. The number of ether oxygens (including phenoxy) is 1. The van der Waals surface area contributed by atoms with Crippen LogP contribution < -0.4 is 5.32 Å². The maximum atomic E-state index is 13.4. The van der Waals surface area contributed by atoms with Crippen LogP contribution in [0.4, 0.5) is 14.5 Å². The van der Waals surface area contributed by atoms with Gasteiger partial charge in [-0.3, -0.25) is 4.79 Å². The van der Waals surface area contributed by atoms with Gasteiger partial charge in [0.2, 0.25) is 0 Å². The Hall–Kier alpha value is -2.73. The van der Waals surface area contributed by atoms with E-state index >= 15 is 0 Å². The van der Waals surface area contributed by atoms with E-state index in [-0.39, 0.29) is 5.69 Å². The molecule has 2 rings (SSSR count). The molecular weight excluding hydrogens is 352 g/mol. The molecule has 0 aliphatic heterocycles. The summed E-state index contributed by atoms with van der Waals surface area (Å²) in [5, 5.41) is 2.75. The molecule has 0 aliphatic rings. The molecule has 0 fully saturated rings. The predicted molar refractivity (Wildman–Crippen MR) is 91.2 cm³/mol. The molecule has 0 atom stereocenters. The Morgan fingerprint density at radius 1 is 1.20 bits per heavy atom. The Bertz CT molecular complexity index is 837. The summed E-state index contributed by atoms with van der Waals surface area (Å²) in [5.74, 6) is -3.17. The summed E-state index contributed by atoms with van der Waals surface area (Å²) in [5.41, 5.74) is 1.41. The maximum absolute atomic E-state index is 13.4. The predicted octanol–water partition coefficient (Wildman–Crippen LogP) is 4.12. The quantitative estimate of drug-likeness (QED) is 0.640. The van der Waals surface area contributed by atoms with Crippen LogP contribution in [-0.2, 0) is 14.3 Å². The number of carbonyl (C=O) groups excluding carboxylic acids is 2. The van der Waals surface area contributed by atoms with Crippen molar-refractivity contribution in [2.24, 2.45) is 0 Å². The third-order valence-electron chi connectivity index (χ3n) is 3.16. The van der Waals surface area contributed by atoms with Gasteiger partial charge >= 0.3 is 5.97 Å². The van der Waals surface area contributed by atoms with Gasteiger partial charge in [0.15, 0.2) is 6.61 Å². The van der Waals surface area contributed by atoms with Crippen LogP contribution in [0.25, 0.3) is 6.08 Å². The Morgan fingerprint density at radius 2 is 1.96 bits per heavy atom. The minimum Gasteiger partial charge on any atom is -0.452 e. The molecule has 1 amide bonds. The number of nitrogens with one attached hydrogen (secondary N) is 1. The molecule has 0 aromatic heterocycles. The SMILES string of the molecule is Cc1ccc(/C=C/C(=O)OCC(=O)Nc2ccc(F)cc2F)cc1Cl. The molecule has 0 heterocycles. The van der Waals surface area contributed by atoms with E-state index in [1.54, 1.807) is 18.2 Å². The number of benzene rings is 2. The highest BCUT2D eigenvalue weighted by atomic mass is 35.5. The van der Waals surface area contributed by atoms with E-state index in [4.69, 9.17) is 16.3 Å². The summed E-state index contributed by atoms with van der Waals surface area (Å²) in [6.07, 6.45) is 2.64. The highest BCUT2D eigenvalue weighted by Gasteiger charge is 2.09. The van der Waals surface area contributed by atoms with Crippen molar-refractivity contribution in [3.63, 3.8) is 0 Å². The van der Waals surface area contributed by atoms with Crippen LogP contribution in [0.2, 0.25) is 5.02 Å². The lowest BCUT2D eigenvalue weighted by atomic mass is 10.1. The first-order valence-electron chi connectivity index (χ1n) is 7.21. The fourth-order valence-electron chi connectivity index (χ4n) is 1.84. The number of anilines is 1. The zero-order chi connectivity index (χ0) is 18.4. The molecular formula is C18H14ClF2NO3. The zero-order valence-corrected chi connectivity index (χ0v) is 13.9. The van der Waals surface area contributed by atoms with E-state index in [9.17, 15) is 18.4 Å². The molecule has 0 unspecified atom stereocenters. The monoisotopic (exact) mass is 365 g/mol. The van der Waals surface area contributed by atoms with E-state index in [2.05, 4.69) is 5.32 Å². The summed E-state index contributed by atoms with van der Waals surface area (Å²) < 4.78 is 30.9. The van der Waals surface area contributed by atoms with Gasteiger partial charge in [-0.1, -0.05) is 23.7 Å². The van der Waals surface area contributed by atoms with E-state index in [0.29, 0.717) is 16.7 Å². The van der Waals surface area contributed by atoms with Gasteiger partial charge in [0.1, 0.15) is 11.6 Å². The Labute approximate surface area is 148 Å². The van der Waals surface area contributed by atoms with Crippen LogP contribution in [0, 0.1) is 18.6 Å². The molecule has 25 heavy (non-hydrogen) atoms. The number of halogens is 3. The lowest BCUT2D eigenvalue weighted by Crippen LogP contribution is -2.20. The highest BCUT2D eigenvalue weighted by molar-refractivity contribution is 6.31. The van der Waals surface area contributed by atoms with Gasteiger partial charge in [0.05, 0.1) is 5.69 Å². The topological polar surface area (TPSA) is 55.4 Å². The summed E-state index contributed by atoms with van der Waals surface area (Å²) >= 11 is 5.97. The standard InChI is InChI=1S/C18H14ClF2NO3/c1-11-2-3-12(8-14(11)19)4-7-18(24)25-10-17(23)22-16-6-5-13(20)9-15(16)21/h2-9H,10H2,1H3,(H,22,23)/b7-4+. The minimum atomic E-state index is -0.921. The van der Waals surface area contributed by atoms with Gasteiger partial charge in [-0.25, -0.2) is 13.6 Å². The second kappa shape index (κ2) is 8.39. The van der Waals surface area contributed by atoms with Crippen molar-refractivity contribution >= 4 is 35.2 Å². The molecule has 0 saturated carbocycles. The first-order chi connectivity index (χ1) is 11.8. The van der Waals surface area contributed by atoms with Gasteiger partial charge in [0.25, 0.3) is 5.91 Å². The molecule has 0 aliphatic carbocycles. The van der Waals surface area contributed by atoms with Crippen LogP contribution >= 0.6 is 11.6 Å². The lowest BCUT2D eigenvalue weighted by Gasteiger charge is -2.06. The first kappa shape index (κ1) is 18.6. The first-order valence-corrected chi connectivity index (χ1v) is 7.59. The summed E-state index contributed by atoms with van der Waals surface area (Å²) in [6.45, 7) is 1.25. The Balaban J connectivity index is 1.85. The number of esters is 1. The molecule has 0 spiro atoms. The summed E-state index contributed by atoms with van der Waals surface area (Å²) in [4.78, 5) is 23.2. The zero-order valence-electron chi connectivity index (χ0n) is 13.2. The smallest absolute Gasteiger partial charge is 0.331 e. The average molecular weight is 366 g/mol. The van der Waals surface area contributed by atoms with E-state index in [1.807, 2.05) is 6.92 Å². The third kappa shape index (κ3) is 5.69. The van der Waals surface area contributed by atoms with E-state index < -0.39 is 30.1 Å². The fraction of sp³-hybridized carbons (Fsp3) is 0.111. The van der Waals surface area contributed by atoms with Gasteiger partial charge < -0.3 is 10.1 Å². The number of carbonyl (C=O) groups is 2. The van der Waals surface area contributed by atoms with Crippen molar-refractivity contribution in [2.75, 3.05) is 11.9 Å².